The topological polar surface area (TPSA) is 124 Å². The lowest BCUT2D eigenvalue weighted by atomic mass is 9.97. The number of rotatable bonds is 19. The molecule has 0 N–H and O–H groups in total. The highest BCUT2D eigenvalue weighted by Gasteiger charge is 2.53. The van der Waals surface area contributed by atoms with Crippen molar-refractivity contribution < 1.29 is 53.1 Å². The van der Waals surface area contributed by atoms with Crippen molar-refractivity contribution in [2.75, 3.05) is 6.61 Å². The zero-order chi connectivity index (χ0) is 32.0. The maximum Gasteiger partial charge on any atom is 0.303 e. The minimum absolute atomic E-state index is 0.332. The number of esters is 4. The normalized spacial score (nSPS) is 24.1. The van der Waals surface area contributed by atoms with E-state index in [0.29, 0.717) is 12.8 Å². The second-order valence-electron chi connectivity index (χ2n) is 9.75. The largest absolute Gasteiger partial charge is 0.463 e. The maximum absolute atomic E-state index is 12.4. The molecule has 1 rings (SSSR count). The van der Waals surface area contributed by atoms with Gasteiger partial charge in [-0.3, -0.25) is 19.2 Å². The van der Waals surface area contributed by atoms with E-state index in [0.717, 1.165) is 64.2 Å². The van der Waals surface area contributed by atoms with Crippen molar-refractivity contribution in [1.82, 2.24) is 0 Å². The summed E-state index contributed by atoms with van der Waals surface area (Å²) in [5.41, 5.74) is 0. The molecule has 0 amide bonds. The van der Waals surface area contributed by atoms with E-state index in [1.807, 2.05) is 0 Å². The molecule has 0 spiro atoms. The van der Waals surface area contributed by atoms with Gasteiger partial charge in [-0.25, -0.2) is 0 Å². The van der Waals surface area contributed by atoms with Crippen LogP contribution >= 0.6 is 0 Å². The van der Waals surface area contributed by atoms with Crippen molar-refractivity contribution in [3.63, 3.8) is 0 Å². The minimum Gasteiger partial charge on any atom is -0.463 e. The van der Waals surface area contributed by atoms with Gasteiger partial charge in [0.05, 0.1) is 6.10 Å². The van der Waals surface area contributed by atoms with Crippen molar-refractivity contribution in [1.29, 1.82) is 0 Å². The van der Waals surface area contributed by atoms with E-state index in [2.05, 4.69) is 13.8 Å². The van der Waals surface area contributed by atoms with E-state index in [1.54, 1.807) is 0 Å². The van der Waals surface area contributed by atoms with E-state index in [9.17, 15) is 19.2 Å². The molecule has 39 heavy (non-hydrogen) atoms. The lowest BCUT2D eigenvalue weighted by molar-refractivity contribution is -0.317. The smallest absolute Gasteiger partial charge is 0.303 e. The first-order chi connectivity index (χ1) is 20.7. The van der Waals surface area contributed by atoms with Crippen LogP contribution in [0.25, 0.3) is 0 Å². The van der Waals surface area contributed by atoms with Gasteiger partial charge in [-0.15, -0.1) is 0 Å². The van der Waals surface area contributed by atoms with Gasteiger partial charge in [0.2, 0.25) is 0 Å². The van der Waals surface area contributed by atoms with Crippen LogP contribution in [0.2, 0.25) is 0 Å². The molecule has 0 radical (unpaired) electrons. The third kappa shape index (κ3) is 14.7. The van der Waals surface area contributed by atoms with Crippen LogP contribution in [0.3, 0.4) is 0 Å². The van der Waals surface area contributed by atoms with Crippen molar-refractivity contribution in [2.24, 2.45) is 0 Å². The Labute approximate surface area is 239 Å². The van der Waals surface area contributed by atoms with Gasteiger partial charge in [0.1, 0.15) is 12.7 Å². The number of unbranched alkanes of at least 4 members (excludes halogenated alkanes) is 8. The maximum atomic E-state index is 12.4. The molecule has 1 heterocycles. The lowest BCUT2D eigenvalue weighted by Gasteiger charge is -2.44. The predicted octanol–water partition coefficient (Wildman–Crippen LogP) is 5.18. The van der Waals surface area contributed by atoms with Gasteiger partial charge in [0.25, 0.3) is 0 Å². The molecular formula is C29H50O10. The Bertz CT molecular complexity index is 804. The fourth-order valence-electron chi connectivity index (χ4n) is 4.58. The lowest BCUT2D eigenvalue weighted by Crippen LogP contribution is -2.63. The summed E-state index contributed by atoms with van der Waals surface area (Å²) in [7, 11) is 0. The highest BCUT2D eigenvalue weighted by molar-refractivity contribution is 5.68. The minimum atomic E-state index is -1.54. The van der Waals surface area contributed by atoms with Crippen molar-refractivity contribution in [3.05, 3.63) is 0 Å². The predicted molar refractivity (Wildman–Crippen MR) is 144 cm³/mol. The highest BCUT2D eigenvalue weighted by Crippen LogP contribution is 2.32. The Kier molecular flexibility index (Phi) is 14.4. The Balaban J connectivity index is 3.39. The van der Waals surface area contributed by atoms with Gasteiger partial charge in [0, 0.05) is 33.1 Å². The molecule has 0 saturated carbocycles. The van der Waals surface area contributed by atoms with Crippen LogP contribution in [0.15, 0.2) is 0 Å². The molecule has 1 aliphatic rings. The van der Waals surface area contributed by atoms with Crippen LogP contribution in [-0.2, 0) is 47.6 Å². The molecule has 1 aliphatic heterocycles. The van der Waals surface area contributed by atoms with E-state index in [1.165, 1.54) is 0 Å². The Morgan fingerprint density at radius 1 is 0.667 bits per heavy atom. The fourth-order valence-corrected chi connectivity index (χ4v) is 4.58. The Morgan fingerprint density at radius 2 is 1.15 bits per heavy atom. The summed E-state index contributed by atoms with van der Waals surface area (Å²) in [6.45, 7) is 0.738. The number of carbonyl (C=O) groups excluding carboxylic acids is 4. The van der Waals surface area contributed by atoms with E-state index < -0.39 is 88.8 Å². The molecule has 1 unspecified atom stereocenters. The summed E-state index contributed by atoms with van der Waals surface area (Å²) in [5, 5.41) is 0. The van der Waals surface area contributed by atoms with Crippen LogP contribution in [-0.4, -0.2) is 67.3 Å². The third-order valence-corrected chi connectivity index (χ3v) is 6.39. The second-order valence-corrected chi connectivity index (χ2v) is 9.75. The first kappa shape index (κ1) is 28.3. The van der Waals surface area contributed by atoms with Gasteiger partial charge in [0.15, 0.2) is 24.6 Å². The zero-order valence-corrected chi connectivity index (χ0v) is 23.6. The number of ether oxygens (including phenoxy) is 6. The molecule has 226 valence electrons. The molecule has 1 fully saturated rings. The SMILES string of the molecule is [2H]CC(=O)OC[C@H]1OC(OC(CCCCCCC)CCCCCCC)[C@H](OC(=O)C[2H])[C@@H](OC(=O)C[2H])[C@@H]1OC(=O)C[2H]. The van der Waals surface area contributed by atoms with Crippen molar-refractivity contribution >= 4 is 23.9 Å². The Morgan fingerprint density at radius 3 is 1.67 bits per heavy atom. The number of hydrogen-bond donors (Lipinski definition) is 0. The van der Waals surface area contributed by atoms with Gasteiger partial charge in [-0.05, 0) is 12.8 Å². The quantitative estimate of drug-likeness (QED) is 0.118. The third-order valence-electron chi connectivity index (χ3n) is 6.39. The molecule has 0 aliphatic carbocycles. The van der Waals surface area contributed by atoms with Crippen molar-refractivity contribution in [3.8, 4) is 0 Å². The zero-order valence-electron chi connectivity index (χ0n) is 27.6. The second kappa shape index (κ2) is 19.8. The summed E-state index contributed by atoms with van der Waals surface area (Å²) < 4.78 is 63.4. The van der Waals surface area contributed by atoms with E-state index in [-0.39, 0.29) is 6.10 Å². The molecule has 10 nitrogen and oxygen atoms in total. The van der Waals surface area contributed by atoms with Crippen LogP contribution in [0.4, 0.5) is 0 Å². The molecule has 0 bridgehead atoms. The average Bonchev–Trinajstić information content (AvgIpc) is 3.01. The molecule has 0 aromatic heterocycles. The van der Waals surface area contributed by atoms with Gasteiger partial charge in [-0.2, -0.15) is 0 Å². The van der Waals surface area contributed by atoms with Crippen LogP contribution in [0.5, 0.6) is 0 Å². The van der Waals surface area contributed by atoms with Crippen LogP contribution < -0.4 is 0 Å². The Hall–Kier alpha value is -2.20. The molecule has 1 saturated heterocycles. The molecular weight excluding hydrogens is 508 g/mol. The summed E-state index contributed by atoms with van der Waals surface area (Å²) in [6.07, 6.45) is 4.28. The molecule has 5 atom stereocenters. The number of hydrogen-bond acceptors (Lipinski definition) is 10. The fraction of sp³-hybridized carbons (Fsp3) is 0.862. The van der Waals surface area contributed by atoms with Gasteiger partial charge in [-0.1, -0.05) is 78.1 Å². The summed E-state index contributed by atoms with van der Waals surface area (Å²) in [5.74, 6) is -3.89. The average molecular weight is 563 g/mol. The first-order valence-electron chi connectivity index (χ1n) is 16.8. The first-order valence-corrected chi connectivity index (χ1v) is 14.0. The van der Waals surface area contributed by atoms with Crippen LogP contribution in [0.1, 0.15) is 124 Å². The summed E-state index contributed by atoms with van der Waals surface area (Å²) in [6, 6.07) is 0. The molecule has 0 aromatic carbocycles. The molecule has 0 aromatic rings. The monoisotopic (exact) mass is 562 g/mol. The standard InChI is InChI=1S/C29H50O10/c1-7-9-11-13-15-17-24(18-16-14-12-10-8-2)38-29-28(37-23(6)33)27(36-22(5)32)26(35-21(4)31)25(39-29)19-34-20(3)30/h24-29H,7-19H2,1-6H3/t25-,26-,27+,28-,29?/m1/s1/i3D,4D,5D,6D. The van der Waals surface area contributed by atoms with Crippen LogP contribution in [0, 0.1) is 0 Å². The van der Waals surface area contributed by atoms with E-state index >= 15 is 0 Å². The van der Waals surface area contributed by atoms with Gasteiger partial charge < -0.3 is 28.4 Å². The summed E-state index contributed by atoms with van der Waals surface area (Å²) >= 11 is 0. The number of carbonyl (C=O) groups is 4. The highest BCUT2D eigenvalue weighted by atomic mass is 16.7. The molecule has 10 heteroatoms. The van der Waals surface area contributed by atoms with Gasteiger partial charge >= 0.3 is 23.9 Å². The van der Waals surface area contributed by atoms with Crippen molar-refractivity contribution in [2.45, 2.75) is 155 Å². The van der Waals surface area contributed by atoms with E-state index in [4.69, 9.17) is 33.9 Å². The summed E-state index contributed by atoms with van der Waals surface area (Å²) in [4.78, 5) is 48.7.